The second-order valence-corrected chi connectivity index (χ2v) is 8.06. The number of aryl methyl sites for hydroxylation is 1. The summed E-state index contributed by atoms with van der Waals surface area (Å²) < 4.78 is 2.15. The summed E-state index contributed by atoms with van der Waals surface area (Å²) in [5.74, 6) is -1.90. The maximum atomic E-state index is 12.3. The third-order valence-corrected chi connectivity index (χ3v) is 6.20. The van der Waals surface area contributed by atoms with Crippen molar-refractivity contribution in [2.45, 2.75) is 38.8 Å². The number of hydrogen-bond acceptors (Lipinski definition) is 5. The Labute approximate surface area is 204 Å². The predicted octanol–water partition coefficient (Wildman–Crippen LogP) is 3.19. The normalized spacial score (nSPS) is 14.0. The van der Waals surface area contributed by atoms with E-state index in [2.05, 4.69) is 26.3 Å². The molecule has 1 aromatic carbocycles. The lowest BCUT2D eigenvalue weighted by Crippen LogP contribution is -2.39. The largest absolute Gasteiger partial charge is 0.506 e. The number of carboxylic acid groups (broad SMARTS) is 1. The fourth-order valence-electron chi connectivity index (χ4n) is 4.42. The predicted molar refractivity (Wildman–Crippen MR) is 134 cm³/mol. The molecule has 4 rings (SSSR count). The van der Waals surface area contributed by atoms with Crippen molar-refractivity contribution in [3.63, 3.8) is 0 Å². The molecule has 1 fully saturated rings. The highest BCUT2D eigenvalue weighted by molar-refractivity contribution is 5.92. The number of H-pyrrole nitrogens is 1. The molecule has 33 heavy (non-hydrogen) atoms. The van der Waals surface area contributed by atoms with Crippen molar-refractivity contribution in [3.05, 3.63) is 51.4 Å². The summed E-state index contributed by atoms with van der Waals surface area (Å²) in [6.45, 7) is 4.67. The Bertz CT molecular complexity index is 1200. The molecule has 0 radical (unpaired) electrons. The lowest BCUT2D eigenvalue weighted by Gasteiger charge is -2.23. The minimum absolute atomic E-state index is 0. The number of pyridine rings is 1. The van der Waals surface area contributed by atoms with Gasteiger partial charge in [-0.1, -0.05) is 13.0 Å². The van der Waals surface area contributed by atoms with Gasteiger partial charge in [-0.25, -0.2) is 4.79 Å². The quantitative estimate of drug-likeness (QED) is 0.357. The number of aromatic nitrogens is 2. The number of aromatic hydroxyl groups is 1. The molecule has 0 unspecified atom stereocenters. The molecule has 0 bridgehead atoms. The van der Waals surface area contributed by atoms with E-state index < -0.39 is 22.8 Å². The van der Waals surface area contributed by atoms with Crippen LogP contribution in [-0.2, 0) is 20.0 Å². The third kappa shape index (κ3) is 5.19. The molecule has 3 aromatic rings. The van der Waals surface area contributed by atoms with E-state index in [0.29, 0.717) is 23.7 Å². The van der Waals surface area contributed by atoms with E-state index in [0.717, 1.165) is 48.9 Å². The molecule has 1 aliphatic rings. The number of halogens is 2. The highest BCUT2D eigenvalue weighted by Gasteiger charge is 2.22. The number of piperidine rings is 1. The summed E-state index contributed by atoms with van der Waals surface area (Å²) in [7, 11) is 2.04. The Kier molecular flexibility index (Phi) is 8.97. The average Bonchev–Trinajstić information content (AvgIpc) is 3.07. The minimum Gasteiger partial charge on any atom is -0.506 e. The van der Waals surface area contributed by atoms with Crippen LogP contribution in [-0.4, -0.2) is 44.9 Å². The van der Waals surface area contributed by atoms with Gasteiger partial charge < -0.3 is 30.4 Å². The van der Waals surface area contributed by atoms with Crippen molar-refractivity contribution in [1.29, 1.82) is 0 Å². The monoisotopic (exact) mass is 496 g/mol. The van der Waals surface area contributed by atoms with E-state index in [1.807, 2.05) is 32.2 Å². The van der Waals surface area contributed by atoms with E-state index in [9.17, 15) is 19.8 Å². The van der Waals surface area contributed by atoms with Crippen LogP contribution in [0.25, 0.3) is 22.2 Å². The number of carboxylic acids is 1. The maximum Gasteiger partial charge on any atom is 0.345 e. The van der Waals surface area contributed by atoms with Gasteiger partial charge in [0.15, 0.2) is 5.56 Å². The standard InChI is InChI=1S/C23H28N4O4.2ClH/c1-3-17-20(26-22(29)19(21(17)28)23(30)31)13-4-5-18-14(10-13)11-16(27(18)2)12-25-15-6-8-24-9-7-15;;/h4-5,10-11,15,24-25H,3,6-9,12H2,1-2H3,(H,30,31)(H2,26,28,29);2*1H. The van der Waals surface area contributed by atoms with Gasteiger partial charge in [0.1, 0.15) is 5.75 Å². The zero-order valence-electron chi connectivity index (χ0n) is 18.6. The second kappa shape index (κ2) is 11.1. The number of nitrogens with one attached hydrogen (secondary N) is 3. The number of benzene rings is 1. The van der Waals surface area contributed by atoms with Crippen LogP contribution in [0.2, 0.25) is 0 Å². The molecule has 0 aliphatic carbocycles. The molecule has 5 N–H and O–H groups in total. The van der Waals surface area contributed by atoms with E-state index in [-0.39, 0.29) is 24.8 Å². The van der Waals surface area contributed by atoms with Crippen molar-refractivity contribution in [2.24, 2.45) is 7.05 Å². The third-order valence-electron chi connectivity index (χ3n) is 6.20. The van der Waals surface area contributed by atoms with Crippen molar-refractivity contribution >= 4 is 41.7 Å². The Morgan fingerprint density at radius 3 is 2.55 bits per heavy atom. The SMILES string of the molecule is CCc1c(-c2ccc3c(c2)cc(CNC2CCNCC2)n3C)[nH]c(=O)c(C(=O)O)c1O.Cl.Cl. The first kappa shape index (κ1) is 26.7. The van der Waals surface area contributed by atoms with Gasteiger partial charge in [0.05, 0.1) is 5.69 Å². The zero-order chi connectivity index (χ0) is 22.1. The van der Waals surface area contributed by atoms with E-state index in [4.69, 9.17) is 0 Å². The number of hydrogen-bond donors (Lipinski definition) is 5. The Hall–Kier alpha value is -2.52. The molecule has 1 saturated heterocycles. The summed E-state index contributed by atoms with van der Waals surface area (Å²) in [6, 6.07) is 8.48. The van der Waals surface area contributed by atoms with Crippen LogP contribution in [0, 0.1) is 0 Å². The number of carbonyl (C=O) groups is 1. The smallest absolute Gasteiger partial charge is 0.345 e. The van der Waals surface area contributed by atoms with Crippen molar-refractivity contribution in [1.82, 2.24) is 20.2 Å². The van der Waals surface area contributed by atoms with Gasteiger partial charge in [-0.05, 0) is 56.1 Å². The highest BCUT2D eigenvalue weighted by atomic mass is 35.5. The van der Waals surface area contributed by atoms with E-state index >= 15 is 0 Å². The first-order chi connectivity index (χ1) is 14.9. The van der Waals surface area contributed by atoms with Crippen molar-refractivity contribution < 1.29 is 15.0 Å². The van der Waals surface area contributed by atoms with Crippen molar-refractivity contribution in [3.8, 4) is 17.0 Å². The van der Waals surface area contributed by atoms with Crippen LogP contribution >= 0.6 is 24.8 Å². The summed E-state index contributed by atoms with van der Waals surface area (Å²) in [5.41, 5.74) is 2.41. The van der Waals surface area contributed by atoms with Crippen LogP contribution in [0.15, 0.2) is 29.1 Å². The topological polar surface area (TPSA) is 119 Å². The molecule has 0 saturated carbocycles. The van der Waals surface area contributed by atoms with Gasteiger partial charge in [0, 0.05) is 41.8 Å². The molecule has 180 valence electrons. The average molecular weight is 497 g/mol. The molecular weight excluding hydrogens is 467 g/mol. The van der Waals surface area contributed by atoms with Gasteiger partial charge in [0.2, 0.25) is 0 Å². The summed E-state index contributed by atoms with van der Waals surface area (Å²) >= 11 is 0. The number of fused-ring (bicyclic) bond motifs is 1. The fraction of sp³-hybridized carbons (Fsp3) is 0.391. The van der Waals surface area contributed by atoms with Gasteiger partial charge in [-0.3, -0.25) is 4.79 Å². The van der Waals surface area contributed by atoms with E-state index in [1.165, 1.54) is 5.69 Å². The maximum absolute atomic E-state index is 12.3. The Morgan fingerprint density at radius 2 is 1.91 bits per heavy atom. The van der Waals surface area contributed by atoms with Gasteiger partial charge in [0.25, 0.3) is 5.56 Å². The molecule has 2 aromatic heterocycles. The zero-order valence-corrected chi connectivity index (χ0v) is 20.2. The van der Waals surface area contributed by atoms with Crippen LogP contribution < -0.4 is 16.2 Å². The van der Waals surface area contributed by atoms with Crippen LogP contribution in [0.5, 0.6) is 5.75 Å². The molecule has 8 nitrogen and oxygen atoms in total. The molecule has 1 aliphatic heterocycles. The molecule has 0 atom stereocenters. The number of aromatic carboxylic acids is 1. The minimum atomic E-state index is -1.44. The highest BCUT2D eigenvalue weighted by Crippen LogP contribution is 2.32. The first-order valence-corrected chi connectivity index (χ1v) is 10.6. The Morgan fingerprint density at radius 1 is 1.21 bits per heavy atom. The lowest BCUT2D eigenvalue weighted by molar-refractivity contribution is 0.0691. The van der Waals surface area contributed by atoms with Crippen LogP contribution in [0.4, 0.5) is 0 Å². The van der Waals surface area contributed by atoms with Crippen LogP contribution in [0.3, 0.4) is 0 Å². The van der Waals surface area contributed by atoms with Gasteiger partial charge >= 0.3 is 5.97 Å². The molecule has 3 heterocycles. The van der Waals surface area contributed by atoms with Gasteiger partial charge in [-0.2, -0.15) is 0 Å². The number of rotatable bonds is 6. The van der Waals surface area contributed by atoms with Gasteiger partial charge in [-0.15, -0.1) is 24.8 Å². The number of nitrogens with zero attached hydrogens (tertiary/aromatic N) is 1. The molecular formula is C23H30Cl2N4O4. The molecule has 10 heteroatoms. The number of aromatic amines is 1. The fourth-order valence-corrected chi connectivity index (χ4v) is 4.42. The van der Waals surface area contributed by atoms with E-state index in [1.54, 1.807) is 0 Å². The Balaban J connectivity index is 0.00000193. The molecule has 0 amide bonds. The summed E-state index contributed by atoms with van der Waals surface area (Å²) in [5, 5.41) is 27.7. The van der Waals surface area contributed by atoms with Crippen LogP contribution in [0.1, 0.15) is 41.4 Å². The summed E-state index contributed by atoms with van der Waals surface area (Å²) in [4.78, 5) is 26.3. The molecule has 0 spiro atoms. The summed E-state index contributed by atoms with van der Waals surface area (Å²) in [6.07, 6.45) is 2.63. The lowest BCUT2D eigenvalue weighted by atomic mass is 9.99. The van der Waals surface area contributed by atoms with Crippen molar-refractivity contribution in [2.75, 3.05) is 13.1 Å². The second-order valence-electron chi connectivity index (χ2n) is 8.06. The first-order valence-electron chi connectivity index (χ1n) is 10.6.